The van der Waals surface area contributed by atoms with Crippen LogP contribution < -0.4 is 5.73 Å². The molecule has 0 aromatic carbocycles. The van der Waals surface area contributed by atoms with Crippen LogP contribution in [0.5, 0.6) is 0 Å². The van der Waals surface area contributed by atoms with E-state index in [1.54, 1.807) is 9.80 Å². The van der Waals surface area contributed by atoms with Crippen LogP contribution >= 0.6 is 0 Å². The highest BCUT2D eigenvalue weighted by Crippen LogP contribution is 2.31. The standard InChI is InChI=1S/C18H31N3O3/c1-5-12(4)9-16(23)21-10-15(22)17-14(21)6-7-20(17)18(24)13(19)8-11(2)3/h11-14,17H,5-10,19H2,1-4H3. The van der Waals surface area contributed by atoms with E-state index in [1.165, 1.54) is 0 Å². The molecule has 4 unspecified atom stereocenters. The maximum atomic E-state index is 12.6. The number of Topliss-reactive ketones (excluding diaryl/α,β-unsaturated/α-hetero) is 1. The highest BCUT2D eigenvalue weighted by Gasteiger charge is 2.51. The molecule has 0 bridgehead atoms. The minimum atomic E-state index is -0.568. The van der Waals surface area contributed by atoms with Crippen molar-refractivity contribution >= 4 is 17.6 Å². The molecule has 2 fully saturated rings. The Morgan fingerprint density at radius 1 is 1.25 bits per heavy atom. The summed E-state index contributed by atoms with van der Waals surface area (Å²) in [5.41, 5.74) is 6.02. The van der Waals surface area contributed by atoms with E-state index in [9.17, 15) is 14.4 Å². The first kappa shape index (κ1) is 18.9. The molecule has 0 radical (unpaired) electrons. The van der Waals surface area contributed by atoms with Gasteiger partial charge in [0.2, 0.25) is 11.8 Å². The summed E-state index contributed by atoms with van der Waals surface area (Å²) in [5, 5.41) is 0. The van der Waals surface area contributed by atoms with Gasteiger partial charge in [0.25, 0.3) is 0 Å². The van der Waals surface area contributed by atoms with Gasteiger partial charge < -0.3 is 15.5 Å². The average Bonchev–Trinajstić information content (AvgIpc) is 3.07. The van der Waals surface area contributed by atoms with E-state index in [1.807, 2.05) is 20.8 Å². The molecule has 4 atom stereocenters. The number of ketones is 1. The number of nitrogens with two attached hydrogens (primary N) is 1. The van der Waals surface area contributed by atoms with Gasteiger partial charge >= 0.3 is 0 Å². The highest BCUT2D eigenvalue weighted by molar-refractivity contribution is 5.98. The molecule has 0 aromatic rings. The first-order valence-electron chi connectivity index (χ1n) is 9.14. The van der Waals surface area contributed by atoms with E-state index < -0.39 is 12.1 Å². The summed E-state index contributed by atoms with van der Waals surface area (Å²) in [6.45, 7) is 8.79. The van der Waals surface area contributed by atoms with Gasteiger partial charge in [-0.15, -0.1) is 0 Å². The maximum Gasteiger partial charge on any atom is 0.240 e. The number of hydrogen-bond donors (Lipinski definition) is 1. The van der Waals surface area contributed by atoms with Crippen LogP contribution in [0, 0.1) is 11.8 Å². The van der Waals surface area contributed by atoms with E-state index in [0.29, 0.717) is 37.6 Å². The predicted molar refractivity (Wildman–Crippen MR) is 92.1 cm³/mol. The second-order valence-electron chi connectivity index (χ2n) is 7.77. The summed E-state index contributed by atoms with van der Waals surface area (Å²) in [6, 6.07) is -1.22. The van der Waals surface area contributed by atoms with Gasteiger partial charge in [-0.3, -0.25) is 14.4 Å². The Bertz CT molecular complexity index is 506. The van der Waals surface area contributed by atoms with Gasteiger partial charge in [0.05, 0.1) is 18.6 Å². The zero-order chi connectivity index (χ0) is 18.0. The molecule has 2 saturated heterocycles. The fourth-order valence-electron chi connectivity index (χ4n) is 3.77. The first-order valence-corrected chi connectivity index (χ1v) is 9.14. The fraction of sp³-hybridized carbons (Fsp3) is 0.833. The molecule has 6 heteroatoms. The van der Waals surface area contributed by atoms with Crippen LogP contribution in [0.15, 0.2) is 0 Å². The summed E-state index contributed by atoms with van der Waals surface area (Å²) in [5.74, 6) is 0.493. The summed E-state index contributed by atoms with van der Waals surface area (Å²) >= 11 is 0. The molecule has 2 heterocycles. The smallest absolute Gasteiger partial charge is 0.240 e. The Balaban J connectivity index is 2.06. The molecule has 24 heavy (non-hydrogen) atoms. The number of amides is 2. The highest BCUT2D eigenvalue weighted by atomic mass is 16.2. The number of fused-ring (bicyclic) bond motifs is 1. The second-order valence-corrected chi connectivity index (χ2v) is 7.77. The Hall–Kier alpha value is -1.43. The van der Waals surface area contributed by atoms with Crippen molar-refractivity contribution in [3.8, 4) is 0 Å². The van der Waals surface area contributed by atoms with E-state index in [4.69, 9.17) is 5.73 Å². The SMILES string of the molecule is CCC(C)CC(=O)N1CC(=O)C2C1CCN2C(=O)C(N)CC(C)C. The van der Waals surface area contributed by atoms with Gasteiger partial charge in [-0.05, 0) is 24.7 Å². The summed E-state index contributed by atoms with van der Waals surface area (Å²) < 4.78 is 0. The van der Waals surface area contributed by atoms with Crippen LogP contribution in [-0.4, -0.2) is 58.6 Å². The molecule has 2 N–H and O–H groups in total. The maximum absolute atomic E-state index is 12.6. The lowest BCUT2D eigenvalue weighted by Gasteiger charge is -2.27. The molecule has 0 saturated carbocycles. The second kappa shape index (κ2) is 7.64. The molecule has 6 nitrogen and oxygen atoms in total. The molecule has 0 aliphatic carbocycles. The van der Waals surface area contributed by atoms with E-state index in [0.717, 1.165) is 6.42 Å². The Kier molecular flexibility index (Phi) is 6.01. The molecule has 2 aliphatic rings. The number of carbonyl (C=O) groups is 3. The molecule has 0 aromatic heterocycles. The van der Waals surface area contributed by atoms with Crippen molar-refractivity contribution in [3.05, 3.63) is 0 Å². The number of carbonyl (C=O) groups excluding carboxylic acids is 3. The Labute approximate surface area is 144 Å². The molecule has 2 amide bonds. The fourth-order valence-corrected chi connectivity index (χ4v) is 3.77. The van der Waals surface area contributed by atoms with Crippen molar-refractivity contribution in [2.45, 2.75) is 71.5 Å². The zero-order valence-corrected chi connectivity index (χ0v) is 15.3. The van der Waals surface area contributed by atoms with Crippen LogP contribution in [-0.2, 0) is 14.4 Å². The lowest BCUT2D eigenvalue weighted by atomic mass is 10.0. The van der Waals surface area contributed by atoms with Gasteiger partial charge in [-0.1, -0.05) is 34.1 Å². The van der Waals surface area contributed by atoms with Gasteiger partial charge in [0.1, 0.15) is 6.04 Å². The van der Waals surface area contributed by atoms with Crippen molar-refractivity contribution in [1.29, 1.82) is 0 Å². The minimum Gasteiger partial charge on any atom is -0.330 e. The minimum absolute atomic E-state index is 0.0277. The van der Waals surface area contributed by atoms with E-state index in [-0.39, 0.29) is 30.2 Å². The molecular weight excluding hydrogens is 306 g/mol. The Morgan fingerprint density at radius 3 is 2.50 bits per heavy atom. The number of nitrogens with zero attached hydrogens (tertiary/aromatic N) is 2. The van der Waals surface area contributed by atoms with Crippen molar-refractivity contribution < 1.29 is 14.4 Å². The van der Waals surface area contributed by atoms with Gasteiger partial charge in [0, 0.05) is 13.0 Å². The number of hydrogen-bond acceptors (Lipinski definition) is 4. The van der Waals surface area contributed by atoms with Crippen molar-refractivity contribution in [3.63, 3.8) is 0 Å². The first-order chi connectivity index (χ1) is 11.3. The van der Waals surface area contributed by atoms with Gasteiger partial charge in [-0.2, -0.15) is 0 Å². The largest absolute Gasteiger partial charge is 0.330 e. The molecule has 2 rings (SSSR count). The Morgan fingerprint density at radius 2 is 1.92 bits per heavy atom. The van der Waals surface area contributed by atoms with Gasteiger partial charge in [0.15, 0.2) is 5.78 Å². The monoisotopic (exact) mass is 337 g/mol. The summed E-state index contributed by atoms with van der Waals surface area (Å²) in [4.78, 5) is 40.9. The summed E-state index contributed by atoms with van der Waals surface area (Å²) in [6.07, 6.45) is 2.68. The number of likely N-dealkylation sites (tertiary alicyclic amines) is 2. The third-order valence-corrected chi connectivity index (χ3v) is 5.29. The zero-order valence-electron chi connectivity index (χ0n) is 15.3. The molecule has 0 spiro atoms. The molecule has 136 valence electrons. The van der Waals surface area contributed by atoms with Crippen molar-refractivity contribution in [2.75, 3.05) is 13.1 Å². The quantitative estimate of drug-likeness (QED) is 0.789. The van der Waals surface area contributed by atoms with Crippen LogP contribution in [0.1, 0.15) is 53.4 Å². The third-order valence-electron chi connectivity index (χ3n) is 5.29. The van der Waals surface area contributed by atoms with Crippen LogP contribution in [0.3, 0.4) is 0 Å². The van der Waals surface area contributed by atoms with Crippen molar-refractivity contribution in [1.82, 2.24) is 9.80 Å². The number of rotatable bonds is 6. The van der Waals surface area contributed by atoms with Crippen LogP contribution in [0.2, 0.25) is 0 Å². The molecule has 2 aliphatic heterocycles. The van der Waals surface area contributed by atoms with Crippen LogP contribution in [0.25, 0.3) is 0 Å². The normalized spacial score (nSPS) is 26.0. The average molecular weight is 337 g/mol. The predicted octanol–water partition coefficient (Wildman–Crippen LogP) is 1.18. The lowest BCUT2D eigenvalue weighted by molar-refractivity contribution is -0.137. The topological polar surface area (TPSA) is 83.7 Å². The van der Waals surface area contributed by atoms with Crippen molar-refractivity contribution in [2.24, 2.45) is 17.6 Å². The third kappa shape index (κ3) is 3.79. The molecular formula is C18H31N3O3. The van der Waals surface area contributed by atoms with Gasteiger partial charge in [-0.25, -0.2) is 0 Å². The summed E-state index contributed by atoms with van der Waals surface area (Å²) in [7, 11) is 0. The lowest BCUT2D eigenvalue weighted by Crippen LogP contribution is -2.50. The van der Waals surface area contributed by atoms with E-state index >= 15 is 0 Å². The van der Waals surface area contributed by atoms with Crippen LogP contribution in [0.4, 0.5) is 0 Å². The van der Waals surface area contributed by atoms with E-state index in [2.05, 4.69) is 6.92 Å².